The second-order valence-corrected chi connectivity index (χ2v) is 4.06. The van der Waals surface area contributed by atoms with Crippen LogP contribution in [-0.2, 0) is 6.18 Å². The number of hydrogen-bond acceptors (Lipinski definition) is 4. The van der Waals surface area contributed by atoms with Gasteiger partial charge >= 0.3 is 12.1 Å². The number of aromatic carboxylic acids is 1. The minimum absolute atomic E-state index is 0.433. The predicted octanol–water partition coefficient (Wildman–Crippen LogP) is 2.45. The third kappa shape index (κ3) is 3.19. The minimum Gasteiger partial charge on any atom is -0.476 e. The number of benzene rings is 1. The lowest BCUT2D eigenvalue weighted by Gasteiger charge is -2.12. The number of carbonyl (C=O) groups excluding carboxylic acids is 1. The number of halogens is 3. The van der Waals surface area contributed by atoms with Crippen molar-refractivity contribution in [2.45, 2.75) is 6.18 Å². The monoisotopic (exact) mass is 311 g/mol. The smallest absolute Gasteiger partial charge is 0.417 e. The molecule has 114 valence electrons. The number of amides is 1. The molecule has 0 spiro atoms. The zero-order chi connectivity index (χ0) is 16.3. The molecule has 0 aliphatic rings. The van der Waals surface area contributed by atoms with Gasteiger partial charge in [-0.1, -0.05) is 12.1 Å². The maximum absolute atomic E-state index is 12.9. The lowest BCUT2D eigenvalue weighted by Crippen LogP contribution is -2.21. The Morgan fingerprint density at radius 1 is 1.09 bits per heavy atom. The average Bonchev–Trinajstić information content (AvgIpc) is 2.46. The Morgan fingerprint density at radius 3 is 2.36 bits per heavy atom. The highest BCUT2D eigenvalue weighted by atomic mass is 19.4. The SMILES string of the molecule is O=C(Nc1nccnc1C(=O)O)c1ccccc1C(F)(F)F. The summed E-state index contributed by atoms with van der Waals surface area (Å²) in [5.41, 5.74) is -2.34. The molecular weight excluding hydrogens is 303 g/mol. The van der Waals surface area contributed by atoms with Gasteiger partial charge in [-0.2, -0.15) is 13.2 Å². The number of carboxylic acid groups (broad SMARTS) is 1. The van der Waals surface area contributed by atoms with Gasteiger partial charge in [-0.15, -0.1) is 0 Å². The molecule has 0 saturated carbocycles. The van der Waals surface area contributed by atoms with Gasteiger partial charge in [0.15, 0.2) is 11.5 Å². The molecular formula is C13H8F3N3O3. The fourth-order valence-electron chi connectivity index (χ4n) is 1.69. The molecule has 2 N–H and O–H groups in total. The standard InChI is InChI=1S/C13H8F3N3O3/c14-13(15,16)8-4-2-1-3-7(8)11(20)19-10-9(12(21)22)17-5-6-18-10/h1-6H,(H,21,22)(H,18,19,20). The van der Waals surface area contributed by atoms with E-state index in [0.717, 1.165) is 30.6 Å². The number of carboxylic acids is 1. The maximum atomic E-state index is 12.9. The van der Waals surface area contributed by atoms with E-state index in [-0.39, 0.29) is 0 Å². The first-order valence-electron chi connectivity index (χ1n) is 5.82. The highest BCUT2D eigenvalue weighted by molar-refractivity contribution is 6.07. The first-order valence-corrected chi connectivity index (χ1v) is 5.82. The molecule has 22 heavy (non-hydrogen) atoms. The number of nitrogens with one attached hydrogen (secondary N) is 1. The van der Waals surface area contributed by atoms with Gasteiger partial charge in [0.05, 0.1) is 11.1 Å². The fraction of sp³-hybridized carbons (Fsp3) is 0.0769. The normalized spacial score (nSPS) is 11.0. The number of aromatic nitrogens is 2. The molecule has 0 bridgehead atoms. The number of nitrogens with zero attached hydrogens (tertiary/aromatic N) is 2. The summed E-state index contributed by atoms with van der Waals surface area (Å²) in [7, 11) is 0. The van der Waals surface area contributed by atoms with Crippen molar-refractivity contribution in [3.05, 3.63) is 53.5 Å². The third-order valence-electron chi connectivity index (χ3n) is 2.61. The Kier molecular flexibility index (Phi) is 4.06. The number of hydrogen-bond donors (Lipinski definition) is 2. The molecule has 0 atom stereocenters. The van der Waals surface area contributed by atoms with Crippen molar-refractivity contribution in [3.8, 4) is 0 Å². The van der Waals surface area contributed by atoms with Crippen LogP contribution in [0, 0.1) is 0 Å². The van der Waals surface area contributed by atoms with E-state index in [1.807, 2.05) is 5.32 Å². The molecule has 0 unspecified atom stereocenters. The van der Waals surface area contributed by atoms with Crippen LogP contribution in [0.4, 0.5) is 19.0 Å². The fourth-order valence-corrected chi connectivity index (χ4v) is 1.69. The average molecular weight is 311 g/mol. The molecule has 9 heteroatoms. The van der Waals surface area contributed by atoms with Crippen LogP contribution in [0.1, 0.15) is 26.4 Å². The number of anilines is 1. The number of carbonyl (C=O) groups is 2. The van der Waals surface area contributed by atoms with Crippen LogP contribution in [0.15, 0.2) is 36.7 Å². The van der Waals surface area contributed by atoms with Crippen LogP contribution in [0.3, 0.4) is 0 Å². The molecule has 1 aromatic carbocycles. The maximum Gasteiger partial charge on any atom is 0.417 e. The quantitative estimate of drug-likeness (QED) is 0.908. The molecule has 2 aromatic rings. The van der Waals surface area contributed by atoms with E-state index >= 15 is 0 Å². The molecule has 0 aliphatic carbocycles. The first-order chi connectivity index (χ1) is 10.3. The van der Waals surface area contributed by atoms with Crippen LogP contribution in [-0.4, -0.2) is 27.0 Å². The molecule has 0 aliphatic heterocycles. The van der Waals surface area contributed by atoms with Gasteiger partial charge in [0.1, 0.15) is 0 Å². The Labute approximate surface area is 121 Å². The number of alkyl halides is 3. The van der Waals surface area contributed by atoms with Crippen LogP contribution >= 0.6 is 0 Å². The van der Waals surface area contributed by atoms with Gasteiger partial charge in [-0.25, -0.2) is 14.8 Å². The van der Waals surface area contributed by atoms with Gasteiger partial charge in [0.2, 0.25) is 0 Å². The van der Waals surface area contributed by atoms with E-state index in [2.05, 4.69) is 9.97 Å². The van der Waals surface area contributed by atoms with Gasteiger partial charge < -0.3 is 10.4 Å². The van der Waals surface area contributed by atoms with E-state index in [9.17, 15) is 22.8 Å². The highest BCUT2D eigenvalue weighted by Gasteiger charge is 2.35. The Morgan fingerprint density at radius 2 is 1.73 bits per heavy atom. The molecule has 0 saturated heterocycles. The summed E-state index contributed by atoms with van der Waals surface area (Å²) in [4.78, 5) is 30.0. The van der Waals surface area contributed by atoms with Gasteiger partial charge in [0, 0.05) is 12.4 Å². The molecule has 1 aromatic heterocycles. The van der Waals surface area contributed by atoms with E-state index in [1.54, 1.807) is 0 Å². The Bertz CT molecular complexity index is 732. The molecule has 0 fully saturated rings. The molecule has 2 rings (SSSR count). The van der Waals surface area contributed by atoms with Crippen molar-refractivity contribution in [2.24, 2.45) is 0 Å². The first kappa shape index (κ1) is 15.4. The van der Waals surface area contributed by atoms with Gasteiger partial charge in [-0.3, -0.25) is 4.79 Å². The van der Waals surface area contributed by atoms with Crippen molar-refractivity contribution in [3.63, 3.8) is 0 Å². The summed E-state index contributed by atoms with van der Waals surface area (Å²) in [6.07, 6.45) is -2.52. The summed E-state index contributed by atoms with van der Waals surface area (Å²) >= 11 is 0. The summed E-state index contributed by atoms with van der Waals surface area (Å²) in [6, 6.07) is 4.14. The van der Waals surface area contributed by atoms with E-state index in [1.165, 1.54) is 6.07 Å². The lowest BCUT2D eigenvalue weighted by atomic mass is 10.1. The molecule has 1 amide bonds. The van der Waals surface area contributed by atoms with Gasteiger partial charge in [-0.05, 0) is 12.1 Å². The highest BCUT2D eigenvalue weighted by Crippen LogP contribution is 2.32. The Balaban J connectivity index is 2.38. The molecule has 0 radical (unpaired) electrons. The summed E-state index contributed by atoms with van der Waals surface area (Å²) < 4.78 is 38.6. The van der Waals surface area contributed by atoms with Gasteiger partial charge in [0.25, 0.3) is 5.91 Å². The second-order valence-electron chi connectivity index (χ2n) is 4.06. The van der Waals surface area contributed by atoms with Crippen molar-refractivity contribution >= 4 is 17.7 Å². The zero-order valence-corrected chi connectivity index (χ0v) is 10.8. The summed E-state index contributed by atoms with van der Waals surface area (Å²) in [6.45, 7) is 0. The van der Waals surface area contributed by atoms with Crippen LogP contribution in [0.5, 0.6) is 0 Å². The van der Waals surface area contributed by atoms with Crippen LogP contribution in [0.2, 0.25) is 0 Å². The third-order valence-corrected chi connectivity index (χ3v) is 2.61. The van der Waals surface area contributed by atoms with Crippen molar-refractivity contribution < 1.29 is 27.9 Å². The minimum atomic E-state index is -4.72. The number of rotatable bonds is 3. The van der Waals surface area contributed by atoms with Crippen LogP contribution in [0.25, 0.3) is 0 Å². The Hall–Kier alpha value is -2.97. The largest absolute Gasteiger partial charge is 0.476 e. The summed E-state index contributed by atoms with van der Waals surface area (Å²) in [5.74, 6) is -3.03. The van der Waals surface area contributed by atoms with E-state index < -0.39 is 40.7 Å². The topological polar surface area (TPSA) is 92.2 Å². The lowest BCUT2D eigenvalue weighted by molar-refractivity contribution is -0.137. The second kappa shape index (κ2) is 5.80. The predicted molar refractivity (Wildman–Crippen MR) is 68.4 cm³/mol. The van der Waals surface area contributed by atoms with E-state index in [0.29, 0.717) is 0 Å². The zero-order valence-electron chi connectivity index (χ0n) is 10.8. The van der Waals surface area contributed by atoms with Crippen molar-refractivity contribution in [2.75, 3.05) is 5.32 Å². The molecule has 6 nitrogen and oxygen atoms in total. The molecule has 1 heterocycles. The van der Waals surface area contributed by atoms with Crippen molar-refractivity contribution in [1.82, 2.24) is 9.97 Å². The van der Waals surface area contributed by atoms with Crippen LogP contribution < -0.4 is 5.32 Å². The van der Waals surface area contributed by atoms with E-state index in [4.69, 9.17) is 5.11 Å². The van der Waals surface area contributed by atoms with Crippen molar-refractivity contribution in [1.29, 1.82) is 0 Å². The summed E-state index contributed by atoms with van der Waals surface area (Å²) in [5, 5.41) is 10.9.